The molecule has 1 aliphatic heterocycles. The van der Waals surface area contributed by atoms with Crippen molar-refractivity contribution in [1.82, 2.24) is 9.88 Å². The summed E-state index contributed by atoms with van der Waals surface area (Å²) in [5.74, 6) is -1.25. The van der Waals surface area contributed by atoms with Crippen LogP contribution in [0.1, 0.15) is 18.9 Å². The summed E-state index contributed by atoms with van der Waals surface area (Å²) in [5.41, 5.74) is 0.909. The molecule has 1 aliphatic rings. The molecule has 0 saturated carbocycles. The number of nitrogens with one attached hydrogen (secondary N) is 1. The lowest BCUT2D eigenvalue weighted by molar-refractivity contribution is -0.144. The highest BCUT2D eigenvalue weighted by atomic mass is 32.2. The van der Waals surface area contributed by atoms with Crippen LogP contribution in [0.15, 0.2) is 18.3 Å². The highest BCUT2D eigenvalue weighted by Gasteiger charge is 2.36. The van der Waals surface area contributed by atoms with Crippen LogP contribution < -0.4 is 5.32 Å². The van der Waals surface area contributed by atoms with Crippen LogP contribution in [0, 0.1) is 6.92 Å². The van der Waals surface area contributed by atoms with Gasteiger partial charge in [0.25, 0.3) is 0 Å². The predicted molar refractivity (Wildman–Crippen MR) is 82.0 cm³/mol. The van der Waals surface area contributed by atoms with Crippen molar-refractivity contribution in [3.8, 4) is 0 Å². The number of sulfone groups is 1. The van der Waals surface area contributed by atoms with E-state index in [0.29, 0.717) is 12.2 Å². The van der Waals surface area contributed by atoms with E-state index in [4.69, 9.17) is 0 Å². The van der Waals surface area contributed by atoms with Crippen LogP contribution >= 0.6 is 0 Å². The van der Waals surface area contributed by atoms with Gasteiger partial charge in [-0.05, 0) is 38.0 Å². The van der Waals surface area contributed by atoms with E-state index in [0.717, 1.165) is 5.56 Å². The molecule has 1 unspecified atom stereocenters. The molecule has 22 heavy (non-hydrogen) atoms. The number of carbonyl (C=O) groups is 2. The van der Waals surface area contributed by atoms with E-state index in [-0.39, 0.29) is 18.1 Å². The second-order valence-electron chi connectivity index (χ2n) is 5.32. The third kappa shape index (κ3) is 3.82. The summed E-state index contributed by atoms with van der Waals surface area (Å²) in [7, 11) is -3.11. The second kappa shape index (κ2) is 6.43. The van der Waals surface area contributed by atoms with E-state index in [1.165, 1.54) is 11.1 Å². The molecule has 1 N–H and O–H groups in total. The van der Waals surface area contributed by atoms with Gasteiger partial charge in [-0.25, -0.2) is 13.4 Å². The summed E-state index contributed by atoms with van der Waals surface area (Å²) in [6, 6.07) is 3.00. The van der Waals surface area contributed by atoms with Gasteiger partial charge in [-0.1, -0.05) is 0 Å². The van der Waals surface area contributed by atoms with E-state index in [1.54, 1.807) is 19.1 Å². The molecule has 2 rings (SSSR count). The maximum absolute atomic E-state index is 12.3. The summed E-state index contributed by atoms with van der Waals surface area (Å²) in [6.45, 7) is 3.86. The van der Waals surface area contributed by atoms with Gasteiger partial charge in [0.05, 0.1) is 11.5 Å². The molecule has 0 radical (unpaired) electrons. The molecule has 1 aromatic rings. The molecule has 2 amide bonds. The van der Waals surface area contributed by atoms with Crippen LogP contribution in [0.3, 0.4) is 0 Å². The number of rotatable bonds is 3. The number of nitrogens with zero attached hydrogens (tertiary/aromatic N) is 2. The molecular formula is C14H19N3O4S. The van der Waals surface area contributed by atoms with Crippen LogP contribution in [0.25, 0.3) is 0 Å². The molecular weight excluding hydrogens is 306 g/mol. The standard InChI is InChI=1S/C14H19N3O4S/c1-3-17(11-5-7-22(20,21)9-11)14(19)13(18)16-12-8-10(2)4-6-15-12/h4,6,8,11H,3,5,7,9H2,1-2H3,(H,15,16,18). The first-order valence-electron chi connectivity index (χ1n) is 7.07. The molecule has 120 valence electrons. The quantitative estimate of drug-likeness (QED) is 0.810. The van der Waals surface area contributed by atoms with Crippen molar-refractivity contribution in [3.63, 3.8) is 0 Å². The molecule has 2 heterocycles. The maximum Gasteiger partial charge on any atom is 0.315 e. The van der Waals surface area contributed by atoms with E-state index < -0.39 is 27.7 Å². The normalized spacial score (nSPS) is 19.6. The first-order chi connectivity index (χ1) is 10.3. The lowest BCUT2D eigenvalue weighted by Gasteiger charge is -2.25. The van der Waals surface area contributed by atoms with E-state index >= 15 is 0 Å². The minimum atomic E-state index is -3.11. The topological polar surface area (TPSA) is 96.4 Å². The number of anilines is 1. The monoisotopic (exact) mass is 325 g/mol. The van der Waals surface area contributed by atoms with Gasteiger partial charge in [-0.15, -0.1) is 0 Å². The fourth-order valence-corrected chi connectivity index (χ4v) is 4.22. The number of pyridine rings is 1. The Hall–Kier alpha value is -1.96. The average Bonchev–Trinajstić information content (AvgIpc) is 2.79. The Labute approximate surface area is 129 Å². The van der Waals surface area contributed by atoms with Gasteiger partial charge in [-0.2, -0.15) is 0 Å². The molecule has 0 aromatic carbocycles. The molecule has 0 aliphatic carbocycles. The Kier molecular flexibility index (Phi) is 4.80. The van der Waals surface area contributed by atoms with Gasteiger partial charge in [-0.3, -0.25) is 9.59 Å². The predicted octanol–water partition coefficient (Wildman–Crippen LogP) is 0.364. The Morgan fingerprint density at radius 3 is 2.73 bits per heavy atom. The van der Waals surface area contributed by atoms with Crippen molar-refractivity contribution in [1.29, 1.82) is 0 Å². The number of hydrogen-bond acceptors (Lipinski definition) is 5. The smallest absolute Gasteiger partial charge is 0.315 e. The first kappa shape index (κ1) is 16.4. The summed E-state index contributed by atoms with van der Waals surface area (Å²) in [4.78, 5) is 29.6. The molecule has 1 fully saturated rings. The maximum atomic E-state index is 12.3. The van der Waals surface area contributed by atoms with Crippen molar-refractivity contribution >= 4 is 27.5 Å². The number of likely N-dealkylation sites (N-methyl/N-ethyl adjacent to an activating group) is 1. The number of aryl methyl sites for hydroxylation is 1. The molecule has 0 spiro atoms. The minimum absolute atomic E-state index is 0.0580. The number of carbonyl (C=O) groups excluding carboxylic acids is 2. The Morgan fingerprint density at radius 2 is 2.18 bits per heavy atom. The zero-order valence-corrected chi connectivity index (χ0v) is 13.4. The summed E-state index contributed by atoms with van der Waals surface area (Å²) < 4.78 is 23.1. The fraction of sp³-hybridized carbons (Fsp3) is 0.500. The van der Waals surface area contributed by atoms with Gasteiger partial charge in [0.2, 0.25) is 0 Å². The SMILES string of the molecule is CCN(C(=O)C(=O)Nc1cc(C)ccn1)C1CCS(=O)(=O)C1. The van der Waals surface area contributed by atoms with E-state index in [2.05, 4.69) is 10.3 Å². The zero-order valence-electron chi connectivity index (χ0n) is 12.6. The third-order valence-electron chi connectivity index (χ3n) is 3.60. The van der Waals surface area contributed by atoms with Crippen molar-refractivity contribution < 1.29 is 18.0 Å². The second-order valence-corrected chi connectivity index (χ2v) is 7.55. The highest BCUT2D eigenvalue weighted by Crippen LogP contribution is 2.18. The first-order valence-corrected chi connectivity index (χ1v) is 8.89. The van der Waals surface area contributed by atoms with E-state index in [1.807, 2.05) is 6.92 Å². The van der Waals surface area contributed by atoms with E-state index in [9.17, 15) is 18.0 Å². The molecule has 1 atom stereocenters. The lowest BCUT2D eigenvalue weighted by atomic mass is 10.2. The average molecular weight is 325 g/mol. The Balaban J connectivity index is 2.06. The van der Waals surface area contributed by atoms with Crippen molar-refractivity contribution in [2.75, 3.05) is 23.4 Å². The van der Waals surface area contributed by atoms with Gasteiger partial charge in [0.15, 0.2) is 9.84 Å². The van der Waals surface area contributed by atoms with Gasteiger partial charge >= 0.3 is 11.8 Å². The van der Waals surface area contributed by atoms with Crippen molar-refractivity contribution in [3.05, 3.63) is 23.9 Å². The van der Waals surface area contributed by atoms with Gasteiger partial charge < -0.3 is 10.2 Å². The molecule has 8 heteroatoms. The summed E-state index contributed by atoms with van der Waals surface area (Å²) >= 11 is 0. The summed E-state index contributed by atoms with van der Waals surface area (Å²) in [6.07, 6.45) is 1.91. The Morgan fingerprint density at radius 1 is 1.45 bits per heavy atom. The van der Waals surface area contributed by atoms with Crippen LogP contribution in [0.5, 0.6) is 0 Å². The molecule has 7 nitrogen and oxygen atoms in total. The number of hydrogen-bond donors (Lipinski definition) is 1. The largest absolute Gasteiger partial charge is 0.331 e. The van der Waals surface area contributed by atoms with Crippen molar-refractivity contribution in [2.24, 2.45) is 0 Å². The van der Waals surface area contributed by atoms with Crippen molar-refractivity contribution in [2.45, 2.75) is 26.3 Å². The number of aromatic nitrogens is 1. The highest BCUT2D eigenvalue weighted by molar-refractivity contribution is 7.91. The summed E-state index contributed by atoms with van der Waals surface area (Å²) in [5, 5.41) is 2.45. The molecule has 0 bridgehead atoms. The van der Waals surface area contributed by atoms with Gasteiger partial charge in [0.1, 0.15) is 5.82 Å². The van der Waals surface area contributed by atoms with Gasteiger partial charge in [0, 0.05) is 18.8 Å². The van der Waals surface area contributed by atoms with Crippen LogP contribution in [0.2, 0.25) is 0 Å². The Bertz CT molecular complexity index is 687. The lowest BCUT2D eigenvalue weighted by Crippen LogP contribution is -2.46. The van der Waals surface area contributed by atoms with Crippen LogP contribution in [-0.4, -0.2) is 54.2 Å². The fourth-order valence-electron chi connectivity index (χ4n) is 2.49. The number of amides is 2. The van der Waals surface area contributed by atoms with Crippen LogP contribution in [-0.2, 0) is 19.4 Å². The zero-order chi connectivity index (χ0) is 16.3. The third-order valence-corrected chi connectivity index (χ3v) is 5.35. The molecule has 1 aromatic heterocycles. The molecule has 1 saturated heterocycles. The minimum Gasteiger partial charge on any atom is -0.331 e. The van der Waals surface area contributed by atoms with Crippen LogP contribution in [0.4, 0.5) is 5.82 Å².